The van der Waals surface area contributed by atoms with Crippen molar-refractivity contribution in [1.82, 2.24) is 0 Å². The van der Waals surface area contributed by atoms with E-state index in [1.165, 1.54) is 0 Å². The first-order chi connectivity index (χ1) is 3.41. The van der Waals surface area contributed by atoms with Gasteiger partial charge in [0.2, 0.25) is 0 Å². The summed E-state index contributed by atoms with van der Waals surface area (Å²) >= 11 is 4.61. The molecular weight excluding hydrogens is 104 g/mol. The highest BCUT2D eigenvalue weighted by molar-refractivity contribution is 7.78. The van der Waals surface area contributed by atoms with Crippen LogP contribution in [-0.2, 0) is 0 Å². The Morgan fingerprint density at radius 2 is 2.14 bits per heavy atom. The lowest BCUT2D eigenvalue weighted by atomic mass is 10.2. The predicted octanol–water partition coefficient (Wildman–Crippen LogP) is 2.34. The van der Waals surface area contributed by atoms with E-state index < -0.39 is 0 Å². The number of thiocarbonyl (C=S) groups is 1. The number of allylic oxidation sites excluding steroid dienone is 1. The third-order valence-corrected chi connectivity index (χ3v) is 0.966. The molecule has 0 heterocycles. The van der Waals surface area contributed by atoms with Crippen LogP contribution in [0.25, 0.3) is 0 Å². The maximum atomic E-state index is 4.61. The molecule has 0 aromatic heterocycles. The molecule has 0 saturated heterocycles. The van der Waals surface area contributed by atoms with Crippen LogP contribution in [0.15, 0.2) is 12.7 Å². The second kappa shape index (κ2) is 5.83. The van der Waals surface area contributed by atoms with E-state index >= 15 is 0 Å². The molecule has 0 unspecified atom stereocenters. The average Bonchev–Trinajstić information content (AvgIpc) is 1.69. The Balaban J connectivity index is 2.68. The molecule has 40 valence electrons. The standard InChI is InChI=1S/C6H10S/c1-2-3-4-5-6-7/h2,6H,1,3-5H2. The molecule has 0 saturated carbocycles. The molecule has 1 heteroatoms. The topological polar surface area (TPSA) is 0 Å². The van der Waals surface area contributed by atoms with E-state index in [9.17, 15) is 0 Å². The molecule has 0 fully saturated rings. The third-order valence-electron chi connectivity index (χ3n) is 0.730. The Kier molecular flexibility index (Phi) is 5.69. The fourth-order valence-electron chi connectivity index (χ4n) is 0.346. The van der Waals surface area contributed by atoms with Crippen LogP contribution >= 0.6 is 12.2 Å². The molecule has 0 aliphatic carbocycles. The van der Waals surface area contributed by atoms with Gasteiger partial charge in [0, 0.05) is 0 Å². The Labute approximate surface area is 50.2 Å². The zero-order valence-electron chi connectivity index (χ0n) is 4.39. The molecule has 0 rings (SSSR count). The van der Waals surface area contributed by atoms with Crippen LogP contribution in [0.4, 0.5) is 0 Å². The van der Waals surface area contributed by atoms with Crippen molar-refractivity contribution in [2.75, 3.05) is 0 Å². The van der Waals surface area contributed by atoms with Gasteiger partial charge in [-0.15, -0.1) is 6.58 Å². The van der Waals surface area contributed by atoms with Gasteiger partial charge in [-0.1, -0.05) is 18.3 Å². The predicted molar refractivity (Wildman–Crippen MR) is 37.7 cm³/mol. The maximum Gasteiger partial charge on any atom is -0.0210 e. The number of unbranched alkanes of at least 4 members (excludes halogenated alkanes) is 2. The second-order valence-corrected chi connectivity index (χ2v) is 1.72. The molecule has 0 radical (unpaired) electrons. The molecule has 7 heavy (non-hydrogen) atoms. The molecule has 0 spiro atoms. The summed E-state index contributed by atoms with van der Waals surface area (Å²) in [6, 6.07) is 0. The average molecular weight is 114 g/mol. The summed E-state index contributed by atoms with van der Waals surface area (Å²) in [6.45, 7) is 3.58. The van der Waals surface area contributed by atoms with Crippen molar-refractivity contribution in [2.45, 2.75) is 19.3 Å². The van der Waals surface area contributed by atoms with Crippen molar-refractivity contribution in [3.63, 3.8) is 0 Å². The van der Waals surface area contributed by atoms with E-state index in [1.807, 2.05) is 6.08 Å². The van der Waals surface area contributed by atoms with Crippen LogP contribution < -0.4 is 0 Å². The lowest BCUT2D eigenvalue weighted by Crippen LogP contribution is -1.69. The minimum atomic E-state index is 1.04. The van der Waals surface area contributed by atoms with Crippen LogP contribution in [0.2, 0.25) is 0 Å². The lowest BCUT2D eigenvalue weighted by molar-refractivity contribution is 0.911. The van der Waals surface area contributed by atoms with Crippen LogP contribution in [-0.4, -0.2) is 5.37 Å². The van der Waals surface area contributed by atoms with Gasteiger partial charge >= 0.3 is 0 Å². The van der Waals surface area contributed by atoms with E-state index in [-0.39, 0.29) is 0 Å². The van der Waals surface area contributed by atoms with E-state index in [0.717, 1.165) is 19.3 Å². The summed E-state index contributed by atoms with van der Waals surface area (Å²) in [4.78, 5) is 0. The first kappa shape index (κ1) is 6.83. The summed E-state index contributed by atoms with van der Waals surface area (Å²) < 4.78 is 0. The molecule has 0 nitrogen and oxygen atoms in total. The Morgan fingerprint density at radius 1 is 1.43 bits per heavy atom. The van der Waals surface area contributed by atoms with Crippen molar-refractivity contribution in [1.29, 1.82) is 0 Å². The van der Waals surface area contributed by atoms with Crippen molar-refractivity contribution < 1.29 is 0 Å². The molecule has 0 aliphatic rings. The van der Waals surface area contributed by atoms with Crippen LogP contribution in [0, 0.1) is 0 Å². The minimum Gasteiger partial charge on any atom is -0.103 e. The first-order valence-corrected chi connectivity index (χ1v) is 2.93. The highest BCUT2D eigenvalue weighted by Crippen LogP contribution is 1.91. The molecule has 0 N–H and O–H groups in total. The van der Waals surface area contributed by atoms with Crippen molar-refractivity contribution in [3.05, 3.63) is 12.7 Å². The van der Waals surface area contributed by atoms with E-state index in [2.05, 4.69) is 18.8 Å². The smallest absolute Gasteiger partial charge is 0.0210 e. The van der Waals surface area contributed by atoms with E-state index in [4.69, 9.17) is 0 Å². The lowest BCUT2D eigenvalue weighted by Gasteiger charge is -1.83. The zero-order chi connectivity index (χ0) is 5.54. The van der Waals surface area contributed by atoms with Gasteiger partial charge in [0.15, 0.2) is 0 Å². The molecule has 0 aliphatic heterocycles. The quantitative estimate of drug-likeness (QED) is 0.307. The summed E-state index contributed by atoms with van der Waals surface area (Å²) in [5.41, 5.74) is 0. The highest BCUT2D eigenvalue weighted by atomic mass is 32.1. The molecular formula is C6H10S. The molecule has 0 atom stereocenters. The highest BCUT2D eigenvalue weighted by Gasteiger charge is 1.75. The van der Waals surface area contributed by atoms with Crippen molar-refractivity contribution >= 4 is 17.6 Å². The van der Waals surface area contributed by atoms with Gasteiger partial charge in [0.1, 0.15) is 0 Å². The van der Waals surface area contributed by atoms with Crippen LogP contribution in [0.5, 0.6) is 0 Å². The van der Waals surface area contributed by atoms with Crippen LogP contribution in [0.3, 0.4) is 0 Å². The van der Waals surface area contributed by atoms with Crippen LogP contribution in [0.1, 0.15) is 19.3 Å². The van der Waals surface area contributed by atoms with Gasteiger partial charge in [-0.3, -0.25) is 0 Å². The summed E-state index contributed by atoms with van der Waals surface area (Å²) in [6.07, 6.45) is 5.21. The van der Waals surface area contributed by atoms with E-state index in [0.29, 0.717) is 0 Å². The van der Waals surface area contributed by atoms with Crippen molar-refractivity contribution in [3.8, 4) is 0 Å². The third kappa shape index (κ3) is 5.83. The largest absolute Gasteiger partial charge is 0.103 e. The van der Waals surface area contributed by atoms with Gasteiger partial charge in [-0.25, -0.2) is 0 Å². The number of hydrogen-bond donors (Lipinski definition) is 0. The normalized spacial score (nSPS) is 8.00. The maximum absolute atomic E-state index is 4.61. The first-order valence-electron chi connectivity index (χ1n) is 2.46. The Morgan fingerprint density at radius 3 is 2.57 bits per heavy atom. The fourth-order valence-corrected chi connectivity index (χ4v) is 0.512. The van der Waals surface area contributed by atoms with Gasteiger partial charge in [0.05, 0.1) is 0 Å². The minimum absolute atomic E-state index is 1.04. The Hall–Kier alpha value is -0.170. The fraction of sp³-hybridized carbons (Fsp3) is 0.500. The molecule has 0 amide bonds. The van der Waals surface area contributed by atoms with E-state index in [1.54, 1.807) is 5.37 Å². The second-order valence-electron chi connectivity index (χ2n) is 1.39. The molecule has 0 aromatic carbocycles. The van der Waals surface area contributed by atoms with Gasteiger partial charge in [-0.05, 0) is 24.6 Å². The van der Waals surface area contributed by atoms with Gasteiger partial charge in [0.25, 0.3) is 0 Å². The van der Waals surface area contributed by atoms with Gasteiger partial charge < -0.3 is 0 Å². The Bertz CT molecular complexity index is 49.2. The zero-order valence-corrected chi connectivity index (χ0v) is 5.21. The summed E-state index contributed by atoms with van der Waals surface area (Å²) in [5.74, 6) is 0. The summed E-state index contributed by atoms with van der Waals surface area (Å²) in [7, 11) is 0. The number of hydrogen-bond acceptors (Lipinski definition) is 1. The SMILES string of the molecule is C=CCCCC=S. The summed E-state index contributed by atoms with van der Waals surface area (Å²) in [5, 5.41) is 1.77. The molecule has 0 bridgehead atoms. The molecule has 0 aromatic rings. The van der Waals surface area contributed by atoms with Crippen molar-refractivity contribution in [2.24, 2.45) is 0 Å². The number of rotatable bonds is 4. The monoisotopic (exact) mass is 114 g/mol. The van der Waals surface area contributed by atoms with Gasteiger partial charge in [-0.2, -0.15) is 0 Å².